The molecule has 134 valence electrons. The molecule has 0 saturated carbocycles. The molecule has 1 amide bonds. The van der Waals surface area contributed by atoms with E-state index in [1.54, 1.807) is 18.3 Å². The van der Waals surface area contributed by atoms with Gasteiger partial charge >= 0.3 is 5.97 Å². The van der Waals surface area contributed by atoms with Gasteiger partial charge in [-0.05, 0) is 46.6 Å². The first kappa shape index (κ1) is 17.9. The van der Waals surface area contributed by atoms with Gasteiger partial charge in [-0.25, -0.2) is 4.98 Å². The van der Waals surface area contributed by atoms with Crippen LogP contribution in [0.5, 0.6) is 0 Å². The largest absolute Gasteiger partial charge is 0.458 e. The molecule has 0 radical (unpaired) electrons. The zero-order valence-corrected chi connectivity index (χ0v) is 15.3. The lowest BCUT2D eigenvalue weighted by molar-refractivity contribution is -0.143. The van der Waals surface area contributed by atoms with Crippen LogP contribution in [0.4, 0.5) is 0 Å². The Labute approximate surface area is 155 Å². The van der Waals surface area contributed by atoms with Crippen LogP contribution in [-0.4, -0.2) is 27.8 Å². The number of carbonyl (C=O) groups excluding carboxylic acids is 2. The molecule has 0 unspecified atom stereocenters. The molecular weight excluding hydrogens is 406 g/mol. The van der Waals surface area contributed by atoms with Crippen LogP contribution < -0.4 is 10.9 Å². The number of halogens is 1. The summed E-state index contributed by atoms with van der Waals surface area (Å²) in [4.78, 5) is 39.9. The molecule has 0 spiro atoms. The van der Waals surface area contributed by atoms with Crippen LogP contribution in [0.2, 0.25) is 0 Å². The Morgan fingerprint density at radius 3 is 2.85 bits per heavy atom. The quantitative estimate of drug-likeness (QED) is 0.632. The van der Waals surface area contributed by atoms with Gasteiger partial charge < -0.3 is 14.5 Å². The fourth-order valence-corrected chi connectivity index (χ4v) is 2.52. The fourth-order valence-electron chi connectivity index (χ4n) is 2.21. The zero-order chi connectivity index (χ0) is 18.7. The summed E-state index contributed by atoms with van der Waals surface area (Å²) in [6, 6.07) is 7.89. The van der Waals surface area contributed by atoms with Crippen LogP contribution >= 0.6 is 15.9 Å². The van der Waals surface area contributed by atoms with E-state index < -0.39 is 11.9 Å². The van der Waals surface area contributed by atoms with Gasteiger partial charge in [0.05, 0.1) is 5.69 Å². The van der Waals surface area contributed by atoms with Crippen LogP contribution in [0.15, 0.2) is 50.4 Å². The molecule has 3 heterocycles. The molecular formula is C17H14BrN3O5. The number of esters is 1. The molecule has 0 atom stereocenters. The molecule has 0 aliphatic rings. The third-order valence-corrected chi connectivity index (χ3v) is 3.86. The number of aromatic nitrogens is 2. The summed E-state index contributed by atoms with van der Waals surface area (Å²) in [5, 5.41) is 2.38. The van der Waals surface area contributed by atoms with Gasteiger partial charge in [0, 0.05) is 12.3 Å². The summed E-state index contributed by atoms with van der Waals surface area (Å²) < 4.78 is 11.9. The number of ether oxygens (including phenoxy) is 1. The first-order chi connectivity index (χ1) is 12.4. The minimum absolute atomic E-state index is 0.0733. The zero-order valence-electron chi connectivity index (χ0n) is 13.7. The second-order valence-corrected chi connectivity index (χ2v) is 6.25. The highest BCUT2D eigenvalue weighted by Crippen LogP contribution is 2.13. The van der Waals surface area contributed by atoms with Crippen molar-refractivity contribution < 1.29 is 18.7 Å². The third kappa shape index (κ3) is 4.17. The molecule has 0 bridgehead atoms. The third-order valence-electron chi connectivity index (χ3n) is 3.43. The van der Waals surface area contributed by atoms with E-state index in [1.165, 1.54) is 16.5 Å². The molecule has 8 nitrogen and oxygen atoms in total. The van der Waals surface area contributed by atoms with Gasteiger partial charge in [0.2, 0.25) is 0 Å². The SMILES string of the molecule is Cc1ccc2nc(COC(=O)CNC(=O)c3ccc(Br)o3)cc(=O)n2c1. The Kier molecular flexibility index (Phi) is 5.17. The minimum atomic E-state index is -0.658. The number of rotatable bonds is 5. The van der Waals surface area contributed by atoms with Crippen molar-refractivity contribution in [2.24, 2.45) is 0 Å². The summed E-state index contributed by atoms with van der Waals surface area (Å²) in [6.45, 7) is 1.38. The summed E-state index contributed by atoms with van der Waals surface area (Å²) in [5.74, 6) is -1.12. The molecule has 3 rings (SSSR count). The van der Waals surface area contributed by atoms with Crippen molar-refractivity contribution in [2.45, 2.75) is 13.5 Å². The van der Waals surface area contributed by atoms with Gasteiger partial charge in [0.15, 0.2) is 10.4 Å². The summed E-state index contributed by atoms with van der Waals surface area (Å²) in [6.07, 6.45) is 1.68. The average Bonchev–Trinajstić information content (AvgIpc) is 3.05. The first-order valence-electron chi connectivity index (χ1n) is 7.60. The molecule has 3 aromatic heterocycles. The number of pyridine rings is 1. The fraction of sp³-hybridized carbons (Fsp3) is 0.176. The molecule has 1 N–H and O–H groups in total. The maximum Gasteiger partial charge on any atom is 0.325 e. The van der Waals surface area contributed by atoms with Crippen LogP contribution in [-0.2, 0) is 16.1 Å². The molecule has 0 fully saturated rings. The van der Waals surface area contributed by atoms with Gasteiger partial charge in [-0.2, -0.15) is 0 Å². The van der Waals surface area contributed by atoms with Crippen molar-refractivity contribution in [3.8, 4) is 0 Å². The minimum Gasteiger partial charge on any atom is -0.458 e. The van der Waals surface area contributed by atoms with Gasteiger partial charge in [-0.15, -0.1) is 0 Å². The van der Waals surface area contributed by atoms with Crippen molar-refractivity contribution in [3.63, 3.8) is 0 Å². The number of hydrogen-bond acceptors (Lipinski definition) is 6. The van der Waals surface area contributed by atoms with Crippen LogP contribution in [0, 0.1) is 6.92 Å². The van der Waals surface area contributed by atoms with Gasteiger partial charge in [0.25, 0.3) is 11.5 Å². The van der Waals surface area contributed by atoms with Crippen molar-refractivity contribution >= 4 is 33.5 Å². The second-order valence-electron chi connectivity index (χ2n) is 5.47. The molecule has 3 aromatic rings. The van der Waals surface area contributed by atoms with E-state index in [1.807, 2.05) is 13.0 Å². The number of furan rings is 1. The second kappa shape index (κ2) is 7.52. The Hall–Kier alpha value is -2.94. The van der Waals surface area contributed by atoms with Gasteiger partial charge in [-0.1, -0.05) is 6.07 Å². The van der Waals surface area contributed by atoms with Crippen LogP contribution in [0.25, 0.3) is 5.65 Å². The summed E-state index contributed by atoms with van der Waals surface area (Å²) >= 11 is 3.09. The molecule has 0 aromatic carbocycles. The van der Waals surface area contributed by atoms with Crippen molar-refractivity contribution in [3.05, 3.63) is 68.6 Å². The smallest absolute Gasteiger partial charge is 0.325 e. The lowest BCUT2D eigenvalue weighted by Gasteiger charge is -2.07. The maximum atomic E-state index is 12.1. The summed E-state index contributed by atoms with van der Waals surface area (Å²) in [7, 11) is 0. The highest BCUT2D eigenvalue weighted by molar-refractivity contribution is 9.10. The molecule has 9 heteroatoms. The highest BCUT2D eigenvalue weighted by Gasteiger charge is 2.13. The number of amides is 1. The normalized spacial score (nSPS) is 10.7. The van der Waals surface area contributed by atoms with Crippen molar-refractivity contribution in [2.75, 3.05) is 6.54 Å². The number of nitrogens with zero attached hydrogens (tertiary/aromatic N) is 2. The molecule has 0 aliphatic carbocycles. The van der Waals surface area contributed by atoms with Gasteiger partial charge in [-0.3, -0.25) is 18.8 Å². The molecule has 0 saturated heterocycles. The van der Waals surface area contributed by atoms with Gasteiger partial charge in [0.1, 0.15) is 18.8 Å². The maximum absolute atomic E-state index is 12.1. The Morgan fingerprint density at radius 2 is 2.12 bits per heavy atom. The van der Waals surface area contributed by atoms with Crippen molar-refractivity contribution in [1.29, 1.82) is 0 Å². The average molecular weight is 420 g/mol. The highest BCUT2D eigenvalue weighted by atomic mass is 79.9. The van der Waals surface area contributed by atoms with E-state index in [-0.39, 0.29) is 24.5 Å². The van der Waals surface area contributed by atoms with Crippen LogP contribution in [0.3, 0.4) is 0 Å². The standard InChI is InChI=1S/C17H14BrN3O5/c1-10-2-5-14-20-11(6-15(22)21(14)8-10)9-25-16(23)7-19-17(24)12-3-4-13(18)26-12/h2-6,8H,7,9H2,1H3,(H,19,24). The van der Waals surface area contributed by atoms with E-state index >= 15 is 0 Å². The monoisotopic (exact) mass is 419 g/mol. The van der Waals surface area contributed by atoms with E-state index in [0.29, 0.717) is 16.0 Å². The predicted octanol–water partition coefficient (Wildman–Crippen LogP) is 1.83. The predicted molar refractivity (Wildman–Crippen MR) is 94.7 cm³/mol. The number of hydrogen-bond donors (Lipinski definition) is 1. The van der Waals surface area contributed by atoms with E-state index in [9.17, 15) is 14.4 Å². The number of nitrogens with one attached hydrogen (secondary N) is 1. The topological polar surface area (TPSA) is 103 Å². The van der Waals surface area contributed by atoms with Crippen LogP contribution in [0.1, 0.15) is 21.8 Å². The summed E-state index contributed by atoms with van der Waals surface area (Å²) in [5.41, 5.74) is 1.46. The Bertz CT molecular complexity index is 1040. The molecule has 0 aliphatic heterocycles. The number of fused-ring (bicyclic) bond motifs is 1. The Morgan fingerprint density at radius 1 is 1.31 bits per heavy atom. The van der Waals surface area contributed by atoms with Crippen molar-refractivity contribution in [1.82, 2.24) is 14.7 Å². The lowest BCUT2D eigenvalue weighted by atomic mass is 10.3. The number of aryl methyl sites for hydroxylation is 1. The van der Waals surface area contributed by atoms with E-state index in [2.05, 4.69) is 26.2 Å². The first-order valence-corrected chi connectivity index (χ1v) is 8.40. The number of carbonyl (C=O) groups is 2. The van der Waals surface area contributed by atoms with E-state index in [4.69, 9.17) is 9.15 Å². The van der Waals surface area contributed by atoms with E-state index in [0.717, 1.165) is 5.56 Å². The Balaban J connectivity index is 1.57. The lowest BCUT2D eigenvalue weighted by Crippen LogP contribution is -2.30. The molecule has 26 heavy (non-hydrogen) atoms.